The molecule has 6 nitrogen and oxygen atoms in total. The molecular formula is C19H16BrFN2O4. The molecule has 8 heteroatoms. The van der Waals surface area contributed by atoms with E-state index in [9.17, 15) is 18.8 Å². The molecule has 2 aromatic carbocycles. The van der Waals surface area contributed by atoms with Gasteiger partial charge in [0.1, 0.15) is 5.82 Å². The molecular weight excluding hydrogens is 419 g/mol. The summed E-state index contributed by atoms with van der Waals surface area (Å²) in [6.07, 6.45) is 2.31. The van der Waals surface area contributed by atoms with Crippen LogP contribution < -0.4 is 10.6 Å². The van der Waals surface area contributed by atoms with Crippen LogP contribution in [0.2, 0.25) is 0 Å². The second-order valence-corrected chi connectivity index (χ2v) is 6.33. The molecule has 0 heterocycles. The summed E-state index contributed by atoms with van der Waals surface area (Å²) in [5.41, 5.74) is 1.29. The Bertz CT molecular complexity index is 882. The van der Waals surface area contributed by atoms with E-state index in [1.165, 1.54) is 31.2 Å². The number of rotatable bonds is 6. The van der Waals surface area contributed by atoms with E-state index in [0.717, 1.165) is 6.08 Å². The van der Waals surface area contributed by atoms with Crippen molar-refractivity contribution in [2.45, 2.75) is 6.92 Å². The van der Waals surface area contributed by atoms with Gasteiger partial charge in [0.25, 0.3) is 5.91 Å². The highest BCUT2D eigenvalue weighted by Crippen LogP contribution is 2.17. The number of ether oxygens (including phenoxy) is 1. The SMILES string of the molecule is CC(=O)Nc1ccc(NC(=O)COC(=O)/C=C/c2cc(Br)ccc2F)cc1. The number of amides is 2. The maximum absolute atomic E-state index is 13.6. The van der Waals surface area contributed by atoms with E-state index in [4.69, 9.17) is 4.74 Å². The molecule has 0 spiro atoms. The van der Waals surface area contributed by atoms with Crippen LogP contribution in [0.15, 0.2) is 53.0 Å². The predicted molar refractivity (Wildman–Crippen MR) is 103 cm³/mol. The Morgan fingerprint density at radius 2 is 1.70 bits per heavy atom. The van der Waals surface area contributed by atoms with Crippen LogP contribution in [0.4, 0.5) is 15.8 Å². The molecule has 0 aliphatic carbocycles. The van der Waals surface area contributed by atoms with Gasteiger partial charge in [0, 0.05) is 34.4 Å². The van der Waals surface area contributed by atoms with Gasteiger partial charge in [0.2, 0.25) is 5.91 Å². The van der Waals surface area contributed by atoms with Gasteiger partial charge < -0.3 is 15.4 Å². The second-order valence-electron chi connectivity index (χ2n) is 5.41. The minimum Gasteiger partial charge on any atom is -0.452 e. The maximum Gasteiger partial charge on any atom is 0.331 e. The summed E-state index contributed by atoms with van der Waals surface area (Å²) >= 11 is 3.21. The molecule has 2 amide bonds. The Balaban J connectivity index is 1.82. The lowest BCUT2D eigenvalue weighted by Gasteiger charge is -2.07. The molecule has 2 aromatic rings. The lowest BCUT2D eigenvalue weighted by atomic mass is 10.2. The quantitative estimate of drug-likeness (QED) is 0.535. The van der Waals surface area contributed by atoms with Crippen LogP contribution >= 0.6 is 15.9 Å². The van der Waals surface area contributed by atoms with E-state index >= 15 is 0 Å². The third-order valence-electron chi connectivity index (χ3n) is 3.19. The third-order valence-corrected chi connectivity index (χ3v) is 3.68. The van der Waals surface area contributed by atoms with Crippen LogP contribution in [0.25, 0.3) is 6.08 Å². The third kappa shape index (κ3) is 7.02. The van der Waals surface area contributed by atoms with Gasteiger partial charge in [-0.2, -0.15) is 0 Å². The van der Waals surface area contributed by atoms with Crippen LogP contribution in [-0.2, 0) is 19.1 Å². The van der Waals surface area contributed by atoms with Crippen LogP contribution in [-0.4, -0.2) is 24.4 Å². The largest absolute Gasteiger partial charge is 0.452 e. The van der Waals surface area contributed by atoms with Crippen molar-refractivity contribution in [1.29, 1.82) is 0 Å². The normalized spacial score (nSPS) is 10.5. The van der Waals surface area contributed by atoms with Gasteiger partial charge in [-0.25, -0.2) is 9.18 Å². The first-order valence-corrected chi connectivity index (χ1v) is 8.60. The topological polar surface area (TPSA) is 84.5 Å². The van der Waals surface area contributed by atoms with E-state index < -0.39 is 24.3 Å². The van der Waals surface area contributed by atoms with Gasteiger partial charge in [-0.05, 0) is 48.5 Å². The fraction of sp³-hybridized carbons (Fsp3) is 0.105. The molecule has 0 atom stereocenters. The Hall–Kier alpha value is -3.00. The van der Waals surface area contributed by atoms with Crippen molar-refractivity contribution in [2.75, 3.05) is 17.2 Å². The van der Waals surface area contributed by atoms with E-state index in [2.05, 4.69) is 26.6 Å². The fourth-order valence-electron chi connectivity index (χ4n) is 2.02. The summed E-state index contributed by atoms with van der Waals surface area (Å²) in [6, 6.07) is 10.8. The average Bonchev–Trinajstić information content (AvgIpc) is 2.62. The molecule has 2 rings (SSSR count). The van der Waals surface area contributed by atoms with E-state index in [1.54, 1.807) is 24.3 Å². The number of carbonyl (C=O) groups is 3. The number of esters is 1. The zero-order chi connectivity index (χ0) is 19.8. The van der Waals surface area contributed by atoms with Gasteiger partial charge in [0.05, 0.1) is 0 Å². The van der Waals surface area contributed by atoms with Gasteiger partial charge in [-0.1, -0.05) is 15.9 Å². The highest BCUT2D eigenvalue weighted by Gasteiger charge is 2.07. The van der Waals surface area contributed by atoms with E-state index in [0.29, 0.717) is 15.8 Å². The van der Waals surface area contributed by atoms with Crippen molar-refractivity contribution < 1.29 is 23.5 Å². The number of nitrogens with one attached hydrogen (secondary N) is 2. The smallest absolute Gasteiger partial charge is 0.331 e. The summed E-state index contributed by atoms with van der Waals surface area (Å²) in [5.74, 6) is -1.99. The molecule has 0 unspecified atom stereocenters. The Morgan fingerprint density at radius 3 is 2.33 bits per heavy atom. The maximum atomic E-state index is 13.6. The summed E-state index contributed by atoms with van der Waals surface area (Å²) in [4.78, 5) is 34.4. The molecule has 2 N–H and O–H groups in total. The van der Waals surface area contributed by atoms with Crippen molar-refractivity contribution >= 4 is 51.2 Å². The first kappa shape index (κ1) is 20.3. The summed E-state index contributed by atoms with van der Waals surface area (Å²) < 4.78 is 19.0. The molecule has 0 saturated heterocycles. The molecule has 140 valence electrons. The zero-order valence-corrected chi connectivity index (χ0v) is 15.9. The van der Waals surface area contributed by atoms with E-state index in [-0.39, 0.29) is 11.5 Å². The number of carbonyl (C=O) groups excluding carboxylic acids is 3. The Labute approximate surface area is 163 Å². The molecule has 0 aromatic heterocycles. The van der Waals surface area contributed by atoms with Crippen molar-refractivity contribution in [3.8, 4) is 0 Å². The molecule has 0 saturated carbocycles. The highest BCUT2D eigenvalue weighted by atomic mass is 79.9. The first-order chi connectivity index (χ1) is 12.8. The number of anilines is 2. The molecule has 0 bridgehead atoms. The van der Waals surface area contributed by atoms with Crippen molar-refractivity contribution in [3.63, 3.8) is 0 Å². The summed E-state index contributed by atoms with van der Waals surface area (Å²) in [6.45, 7) is 0.904. The lowest BCUT2D eigenvalue weighted by molar-refractivity contribution is -0.142. The van der Waals surface area contributed by atoms with Gasteiger partial charge in [-0.15, -0.1) is 0 Å². The van der Waals surface area contributed by atoms with Crippen LogP contribution in [0.1, 0.15) is 12.5 Å². The van der Waals surface area contributed by atoms with Crippen molar-refractivity contribution in [3.05, 3.63) is 64.4 Å². The fourth-order valence-corrected chi connectivity index (χ4v) is 2.40. The minimum atomic E-state index is -0.773. The summed E-state index contributed by atoms with van der Waals surface area (Å²) in [7, 11) is 0. The Morgan fingerprint density at radius 1 is 1.07 bits per heavy atom. The van der Waals surface area contributed by atoms with Gasteiger partial charge in [-0.3, -0.25) is 9.59 Å². The highest BCUT2D eigenvalue weighted by molar-refractivity contribution is 9.10. The van der Waals surface area contributed by atoms with Crippen LogP contribution in [0.3, 0.4) is 0 Å². The van der Waals surface area contributed by atoms with Gasteiger partial charge >= 0.3 is 5.97 Å². The average molecular weight is 435 g/mol. The van der Waals surface area contributed by atoms with Crippen LogP contribution in [0, 0.1) is 5.82 Å². The van der Waals surface area contributed by atoms with Gasteiger partial charge in [0.15, 0.2) is 6.61 Å². The number of benzene rings is 2. The standard InChI is InChI=1S/C19H16BrFN2O4/c1-12(24)22-15-4-6-16(7-5-15)23-18(25)11-27-19(26)9-2-13-10-14(20)3-8-17(13)21/h2-10H,11H2,1H3,(H,22,24)(H,23,25)/b9-2+. The number of halogens is 2. The number of hydrogen-bond donors (Lipinski definition) is 2. The zero-order valence-electron chi connectivity index (χ0n) is 14.3. The van der Waals surface area contributed by atoms with Crippen molar-refractivity contribution in [2.24, 2.45) is 0 Å². The van der Waals surface area contributed by atoms with Crippen LogP contribution in [0.5, 0.6) is 0 Å². The predicted octanol–water partition coefficient (Wildman–Crippen LogP) is 3.74. The number of hydrogen-bond acceptors (Lipinski definition) is 4. The molecule has 0 radical (unpaired) electrons. The minimum absolute atomic E-state index is 0.200. The molecule has 0 aliphatic rings. The lowest BCUT2D eigenvalue weighted by Crippen LogP contribution is -2.20. The first-order valence-electron chi connectivity index (χ1n) is 7.81. The second kappa shape index (κ2) is 9.63. The Kier molecular flexibility index (Phi) is 7.25. The van der Waals surface area contributed by atoms with E-state index in [1.807, 2.05) is 0 Å². The monoisotopic (exact) mass is 434 g/mol. The van der Waals surface area contributed by atoms with Crippen molar-refractivity contribution in [1.82, 2.24) is 0 Å². The molecule has 0 fully saturated rings. The summed E-state index contributed by atoms with van der Waals surface area (Å²) in [5, 5.41) is 5.15. The molecule has 27 heavy (non-hydrogen) atoms. The molecule has 0 aliphatic heterocycles.